The number of ether oxygens (including phenoxy) is 2. The Morgan fingerprint density at radius 1 is 1.29 bits per heavy atom. The number of nitrogens with zero attached hydrogens (tertiary/aromatic N) is 1. The molecule has 11 heteroatoms. The van der Waals surface area contributed by atoms with Crippen LogP contribution in [0.25, 0.3) is 0 Å². The highest BCUT2D eigenvalue weighted by Gasteiger charge is 2.34. The SMILES string of the molecule is COc1cc(Cl)ccc1S(=O)(=O)N[C@H](c1n[nH]c(=O)o1)[C@H](C)c1cccc2c1CCO2. The molecule has 2 aromatic carbocycles. The number of aromatic nitrogens is 2. The van der Waals surface area contributed by atoms with Crippen LogP contribution in [0.15, 0.2) is 50.5 Å². The molecule has 0 aliphatic carbocycles. The number of halogens is 1. The Bertz CT molecular complexity index is 1270. The molecule has 164 valence electrons. The standard InChI is InChI=1S/C20H20ClN3O6S/c1-11(13-4-3-5-15-14(13)8-9-29-15)18(19-22-23-20(25)30-19)24-31(26,27)17-7-6-12(21)10-16(17)28-2/h3-7,10-11,18,24H,8-9H2,1-2H3,(H,23,25)/t11-,18+/m1/s1. The third-order valence-electron chi connectivity index (χ3n) is 5.19. The third-order valence-corrected chi connectivity index (χ3v) is 6.90. The largest absolute Gasteiger partial charge is 0.495 e. The molecule has 0 spiro atoms. The zero-order valence-corrected chi connectivity index (χ0v) is 18.3. The van der Waals surface area contributed by atoms with Crippen molar-refractivity contribution in [1.82, 2.24) is 14.9 Å². The minimum atomic E-state index is -4.11. The molecule has 0 radical (unpaired) electrons. The molecule has 2 N–H and O–H groups in total. The van der Waals surface area contributed by atoms with Crippen molar-refractivity contribution in [3.05, 3.63) is 69.0 Å². The van der Waals surface area contributed by atoms with Crippen LogP contribution in [0.2, 0.25) is 5.02 Å². The van der Waals surface area contributed by atoms with Gasteiger partial charge >= 0.3 is 5.76 Å². The van der Waals surface area contributed by atoms with E-state index in [1.165, 1.54) is 25.3 Å². The van der Waals surface area contributed by atoms with E-state index in [0.717, 1.165) is 16.9 Å². The van der Waals surface area contributed by atoms with Gasteiger partial charge in [0.05, 0.1) is 13.7 Å². The Morgan fingerprint density at radius 2 is 2.10 bits per heavy atom. The summed E-state index contributed by atoms with van der Waals surface area (Å²) in [6.07, 6.45) is 0.699. The second kappa shape index (κ2) is 8.37. The summed E-state index contributed by atoms with van der Waals surface area (Å²) >= 11 is 5.96. The molecule has 2 heterocycles. The van der Waals surface area contributed by atoms with Crippen LogP contribution in [0.1, 0.15) is 35.9 Å². The summed E-state index contributed by atoms with van der Waals surface area (Å²) < 4.78 is 45.1. The van der Waals surface area contributed by atoms with Crippen molar-refractivity contribution in [1.29, 1.82) is 0 Å². The van der Waals surface area contributed by atoms with E-state index in [2.05, 4.69) is 14.9 Å². The monoisotopic (exact) mass is 465 g/mol. The fourth-order valence-electron chi connectivity index (χ4n) is 3.69. The predicted molar refractivity (Wildman–Crippen MR) is 112 cm³/mol. The van der Waals surface area contributed by atoms with Gasteiger partial charge in [-0.3, -0.25) is 0 Å². The number of rotatable bonds is 7. The number of aromatic amines is 1. The van der Waals surface area contributed by atoms with Crippen LogP contribution < -0.4 is 20.0 Å². The first-order valence-corrected chi connectivity index (χ1v) is 11.3. The molecule has 0 saturated carbocycles. The summed E-state index contributed by atoms with van der Waals surface area (Å²) in [5.41, 5.74) is 1.86. The van der Waals surface area contributed by atoms with Crippen molar-refractivity contribution in [2.45, 2.75) is 30.2 Å². The number of sulfonamides is 1. The molecule has 1 aliphatic heterocycles. The quantitative estimate of drug-likeness (QED) is 0.549. The molecule has 0 fully saturated rings. The van der Waals surface area contributed by atoms with Crippen molar-refractivity contribution < 1.29 is 22.3 Å². The number of methoxy groups -OCH3 is 1. The maximum absolute atomic E-state index is 13.3. The number of H-pyrrole nitrogens is 1. The molecule has 1 aliphatic rings. The van der Waals surface area contributed by atoms with Crippen LogP contribution in [0.3, 0.4) is 0 Å². The summed E-state index contributed by atoms with van der Waals surface area (Å²) in [5.74, 6) is -0.448. The number of benzene rings is 2. The van der Waals surface area contributed by atoms with E-state index in [-0.39, 0.29) is 16.5 Å². The molecule has 0 bridgehead atoms. The van der Waals surface area contributed by atoms with Gasteiger partial charge in [0, 0.05) is 29.0 Å². The lowest BCUT2D eigenvalue weighted by Gasteiger charge is -2.24. The summed E-state index contributed by atoms with van der Waals surface area (Å²) in [5, 5.41) is 6.40. The van der Waals surface area contributed by atoms with Crippen molar-refractivity contribution in [2.75, 3.05) is 13.7 Å². The Labute approximate surface area is 183 Å². The third kappa shape index (κ3) is 4.18. The smallest absolute Gasteiger partial charge is 0.434 e. The van der Waals surface area contributed by atoms with Crippen LogP contribution in [0, 0.1) is 0 Å². The van der Waals surface area contributed by atoms with E-state index in [4.69, 9.17) is 25.5 Å². The van der Waals surface area contributed by atoms with Gasteiger partial charge in [0.1, 0.15) is 22.4 Å². The average molecular weight is 466 g/mol. The van der Waals surface area contributed by atoms with Gasteiger partial charge in [-0.15, -0.1) is 5.10 Å². The average Bonchev–Trinajstić information content (AvgIpc) is 3.39. The minimum Gasteiger partial charge on any atom is -0.495 e. The summed E-state index contributed by atoms with van der Waals surface area (Å²) in [4.78, 5) is 11.5. The number of fused-ring (bicyclic) bond motifs is 1. The molecule has 4 rings (SSSR count). The van der Waals surface area contributed by atoms with Gasteiger partial charge in [0.2, 0.25) is 15.9 Å². The fourth-order valence-corrected chi connectivity index (χ4v) is 5.27. The molecule has 1 aromatic heterocycles. The van der Waals surface area contributed by atoms with Gasteiger partial charge < -0.3 is 13.9 Å². The van der Waals surface area contributed by atoms with E-state index in [0.29, 0.717) is 18.1 Å². The van der Waals surface area contributed by atoms with Crippen LogP contribution >= 0.6 is 11.6 Å². The maximum atomic E-state index is 13.3. The Balaban J connectivity index is 1.77. The van der Waals surface area contributed by atoms with Crippen LogP contribution in [0.5, 0.6) is 11.5 Å². The summed E-state index contributed by atoms with van der Waals surface area (Å²) in [7, 11) is -2.75. The molecule has 0 saturated heterocycles. The second-order valence-corrected chi connectivity index (χ2v) is 9.18. The fraction of sp³-hybridized carbons (Fsp3) is 0.300. The Hall–Kier alpha value is -2.82. The molecular formula is C20H20ClN3O6S. The molecule has 0 amide bonds. The van der Waals surface area contributed by atoms with E-state index in [9.17, 15) is 13.2 Å². The lowest BCUT2D eigenvalue weighted by molar-refractivity contribution is 0.357. The molecule has 2 atom stereocenters. The highest BCUT2D eigenvalue weighted by atomic mass is 35.5. The molecule has 0 unspecified atom stereocenters. The summed E-state index contributed by atoms with van der Waals surface area (Å²) in [6, 6.07) is 8.83. The maximum Gasteiger partial charge on any atom is 0.434 e. The topological polar surface area (TPSA) is 124 Å². The molecule has 9 nitrogen and oxygen atoms in total. The Kier molecular flexibility index (Phi) is 5.78. The number of hydrogen-bond acceptors (Lipinski definition) is 7. The predicted octanol–water partition coefficient (Wildman–Crippen LogP) is 2.78. The van der Waals surface area contributed by atoms with Crippen LogP contribution in [-0.2, 0) is 16.4 Å². The zero-order chi connectivity index (χ0) is 22.2. The highest BCUT2D eigenvalue weighted by Crippen LogP contribution is 2.38. The van der Waals surface area contributed by atoms with E-state index >= 15 is 0 Å². The van der Waals surface area contributed by atoms with E-state index in [1.54, 1.807) is 0 Å². The molecule has 31 heavy (non-hydrogen) atoms. The van der Waals surface area contributed by atoms with Crippen molar-refractivity contribution in [3.8, 4) is 11.5 Å². The number of hydrogen-bond donors (Lipinski definition) is 2. The second-order valence-electron chi connectivity index (χ2n) is 7.06. The van der Waals surface area contributed by atoms with Gasteiger partial charge in [0.25, 0.3) is 0 Å². The van der Waals surface area contributed by atoms with E-state index in [1.807, 2.05) is 25.1 Å². The van der Waals surface area contributed by atoms with Gasteiger partial charge in [-0.1, -0.05) is 30.7 Å². The first kappa shape index (κ1) is 21.4. The normalized spacial score (nSPS) is 15.2. The minimum absolute atomic E-state index is 0.0782. The van der Waals surface area contributed by atoms with E-state index < -0.39 is 27.7 Å². The molecular weight excluding hydrogens is 446 g/mol. The van der Waals surface area contributed by atoms with Gasteiger partial charge in [-0.05, 0) is 23.8 Å². The summed E-state index contributed by atoms with van der Waals surface area (Å²) in [6.45, 7) is 2.38. The lowest BCUT2D eigenvalue weighted by Crippen LogP contribution is -2.32. The zero-order valence-electron chi connectivity index (χ0n) is 16.7. The van der Waals surface area contributed by atoms with Crippen molar-refractivity contribution in [2.24, 2.45) is 0 Å². The van der Waals surface area contributed by atoms with Crippen LogP contribution in [-0.4, -0.2) is 32.3 Å². The van der Waals surface area contributed by atoms with Gasteiger partial charge in [-0.2, -0.15) is 4.72 Å². The van der Waals surface area contributed by atoms with Crippen molar-refractivity contribution in [3.63, 3.8) is 0 Å². The van der Waals surface area contributed by atoms with Crippen molar-refractivity contribution >= 4 is 21.6 Å². The highest BCUT2D eigenvalue weighted by molar-refractivity contribution is 7.89. The molecule has 3 aromatic rings. The van der Waals surface area contributed by atoms with Gasteiger partial charge in [0.15, 0.2) is 0 Å². The first-order valence-electron chi connectivity index (χ1n) is 9.46. The first-order chi connectivity index (χ1) is 14.8. The lowest BCUT2D eigenvalue weighted by atomic mass is 9.89. The van der Waals surface area contributed by atoms with Crippen LogP contribution in [0.4, 0.5) is 0 Å². The Morgan fingerprint density at radius 3 is 2.81 bits per heavy atom. The number of nitrogens with one attached hydrogen (secondary N) is 2. The van der Waals surface area contributed by atoms with Gasteiger partial charge in [-0.25, -0.2) is 18.3 Å².